The van der Waals surface area contributed by atoms with Gasteiger partial charge in [-0.25, -0.2) is 4.39 Å². The van der Waals surface area contributed by atoms with Crippen LogP contribution in [0.15, 0.2) is 12.1 Å². The zero-order chi connectivity index (χ0) is 13.5. The fraction of sp³-hybridized carbons (Fsp3) is 0.571. The quantitative estimate of drug-likeness (QED) is 0.814. The number of benzene rings is 1. The molecule has 1 unspecified atom stereocenters. The van der Waals surface area contributed by atoms with Crippen LogP contribution < -0.4 is 15.2 Å². The molecule has 0 spiro atoms. The fourth-order valence-electron chi connectivity index (χ4n) is 1.85. The first-order valence-corrected chi connectivity index (χ1v) is 6.28. The molecule has 0 aliphatic heterocycles. The largest absolute Gasteiger partial charge is 0.493 e. The van der Waals surface area contributed by atoms with Gasteiger partial charge >= 0.3 is 0 Å². The number of ether oxygens (including phenoxy) is 2. The van der Waals surface area contributed by atoms with Crippen LogP contribution in [-0.2, 0) is 6.42 Å². The normalized spacial score (nSPS) is 12.3. The molecule has 1 aromatic rings. The second-order valence-electron chi connectivity index (χ2n) is 4.36. The number of methoxy groups -OCH3 is 2. The molecule has 0 aliphatic rings. The lowest BCUT2D eigenvalue weighted by atomic mass is 10.0. The van der Waals surface area contributed by atoms with Crippen molar-refractivity contribution in [3.63, 3.8) is 0 Å². The summed E-state index contributed by atoms with van der Waals surface area (Å²) >= 11 is 0. The highest BCUT2D eigenvalue weighted by Gasteiger charge is 2.11. The van der Waals surface area contributed by atoms with Crippen molar-refractivity contribution in [3.8, 4) is 11.5 Å². The summed E-state index contributed by atoms with van der Waals surface area (Å²) in [6, 6.07) is 3.27. The summed E-state index contributed by atoms with van der Waals surface area (Å²) in [5, 5.41) is 0. The van der Waals surface area contributed by atoms with Crippen LogP contribution in [0.3, 0.4) is 0 Å². The zero-order valence-corrected chi connectivity index (χ0v) is 11.3. The smallest absolute Gasteiger partial charge is 0.163 e. The van der Waals surface area contributed by atoms with Gasteiger partial charge in [0.25, 0.3) is 0 Å². The summed E-state index contributed by atoms with van der Waals surface area (Å²) in [5.41, 5.74) is 6.49. The predicted molar refractivity (Wildman–Crippen MR) is 70.7 cm³/mol. The molecule has 1 atom stereocenters. The molecule has 3 nitrogen and oxygen atoms in total. The van der Waals surface area contributed by atoms with E-state index in [0.717, 1.165) is 19.3 Å². The number of aryl methyl sites for hydroxylation is 1. The van der Waals surface area contributed by atoms with E-state index < -0.39 is 0 Å². The lowest BCUT2D eigenvalue weighted by molar-refractivity contribution is 0.351. The van der Waals surface area contributed by atoms with Gasteiger partial charge in [-0.1, -0.05) is 6.92 Å². The van der Waals surface area contributed by atoms with Gasteiger partial charge in [-0.15, -0.1) is 0 Å². The fourth-order valence-corrected chi connectivity index (χ4v) is 1.85. The van der Waals surface area contributed by atoms with Crippen LogP contribution in [0.25, 0.3) is 0 Å². The van der Waals surface area contributed by atoms with Gasteiger partial charge in [-0.05, 0) is 37.3 Å². The highest BCUT2D eigenvalue weighted by atomic mass is 19.1. The van der Waals surface area contributed by atoms with Crippen LogP contribution in [0, 0.1) is 5.82 Å². The Morgan fingerprint density at radius 1 is 1.22 bits per heavy atom. The van der Waals surface area contributed by atoms with Crippen LogP contribution >= 0.6 is 0 Å². The molecule has 1 rings (SSSR count). The molecule has 18 heavy (non-hydrogen) atoms. The summed E-state index contributed by atoms with van der Waals surface area (Å²) in [6.07, 6.45) is 3.40. The summed E-state index contributed by atoms with van der Waals surface area (Å²) in [5.74, 6) is 0.732. The highest BCUT2D eigenvalue weighted by Crippen LogP contribution is 2.30. The molecule has 0 radical (unpaired) electrons. The van der Waals surface area contributed by atoms with E-state index >= 15 is 0 Å². The summed E-state index contributed by atoms with van der Waals surface area (Å²) in [6.45, 7) is 2.06. The van der Waals surface area contributed by atoms with Crippen molar-refractivity contribution in [1.82, 2.24) is 0 Å². The third-order valence-corrected chi connectivity index (χ3v) is 3.10. The van der Waals surface area contributed by atoms with Crippen molar-refractivity contribution in [2.45, 2.75) is 38.6 Å². The van der Waals surface area contributed by atoms with Crippen LogP contribution in [0.1, 0.15) is 31.7 Å². The van der Waals surface area contributed by atoms with Crippen molar-refractivity contribution in [3.05, 3.63) is 23.5 Å². The number of nitrogens with two attached hydrogens (primary N) is 1. The molecular weight excluding hydrogens is 233 g/mol. The summed E-state index contributed by atoms with van der Waals surface area (Å²) < 4.78 is 24.0. The van der Waals surface area contributed by atoms with Crippen molar-refractivity contribution < 1.29 is 13.9 Å². The maximum Gasteiger partial charge on any atom is 0.163 e. The van der Waals surface area contributed by atoms with E-state index in [1.54, 1.807) is 13.2 Å². The molecule has 4 heteroatoms. The van der Waals surface area contributed by atoms with Crippen molar-refractivity contribution in [2.75, 3.05) is 14.2 Å². The minimum absolute atomic E-state index is 0.202. The third-order valence-electron chi connectivity index (χ3n) is 3.10. The van der Waals surface area contributed by atoms with E-state index in [-0.39, 0.29) is 11.9 Å². The molecule has 1 aromatic carbocycles. The highest BCUT2D eigenvalue weighted by molar-refractivity contribution is 5.43. The Kier molecular flexibility index (Phi) is 5.92. The van der Waals surface area contributed by atoms with Crippen LogP contribution in [0.4, 0.5) is 4.39 Å². The maximum atomic E-state index is 13.8. The standard InChI is InChI=1S/C14H22FNO2/c1-4-11(16)7-5-6-10-8-13(17-2)14(18-3)9-12(10)15/h8-9,11H,4-7,16H2,1-3H3. The van der Waals surface area contributed by atoms with E-state index in [1.165, 1.54) is 13.2 Å². The molecule has 0 aliphatic carbocycles. The Balaban J connectivity index is 2.71. The summed E-state index contributed by atoms with van der Waals surface area (Å²) in [7, 11) is 3.05. The van der Waals surface area contributed by atoms with E-state index in [1.807, 2.05) is 0 Å². The van der Waals surface area contributed by atoms with E-state index in [9.17, 15) is 4.39 Å². The molecule has 0 fully saturated rings. The van der Waals surface area contributed by atoms with Crippen molar-refractivity contribution in [1.29, 1.82) is 0 Å². The average molecular weight is 255 g/mol. The lowest BCUT2D eigenvalue weighted by Gasteiger charge is -2.12. The van der Waals surface area contributed by atoms with Gasteiger partial charge in [-0.3, -0.25) is 0 Å². The Morgan fingerprint density at radius 2 is 1.83 bits per heavy atom. The molecule has 0 heterocycles. The number of rotatable bonds is 7. The molecular formula is C14H22FNO2. The molecule has 0 amide bonds. The predicted octanol–water partition coefficient (Wildman–Crippen LogP) is 2.90. The molecule has 102 valence electrons. The lowest BCUT2D eigenvalue weighted by Crippen LogP contribution is -2.18. The number of halogens is 1. The minimum atomic E-state index is -0.252. The van der Waals surface area contributed by atoms with Crippen LogP contribution in [-0.4, -0.2) is 20.3 Å². The van der Waals surface area contributed by atoms with Crippen LogP contribution in [0.2, 0.25) is 0 Å². The average Bonchev–Trinajstić information content (AvgIpc) is 2.39. The first-order chi connectivity index (χ1) is 8.62. The molecule has 0 saturated heterocycles. The topological polar surface area (TPSA) is 44.5 Å². The van der Waals surface area contributed by atoms with Crippen LogP contribution in [0.5, 0.6) is 11.5 Å². The van der Waals surface area contributed by atoms with E-state index in [2.05, 4.69) is 6.92 Å². The Hall–Kier alpha value is -1.29. The van der Waals surface area contributed by atoms with Gasteiger partial charge in [0.1, 0.15) is 5.82 Å². The Bertz CT molecular complexity index is 382. The summed E-state index contributed by atoms with van der Waals surface area (Å²) in [4.78, 5) is 0. The van der Waals surface area contributed by atoms with Gasteiger partial charge in [0.15, 0.2) is 11.5 Å². The third kappa shape index (κ3) is 3.88. The van der Waals surface area contributed by atoms with Gasteiger partial charge in [0, 0.05) is 12.1 Å². The second-order valence-corrected chi connectivity index (χ2v) is 4.36. The van der Waals surface area contributed by atoms with Gasteiger partial charge in [0.2, 0.25) is 0 Å². The Labute approximate surface area is 108 Å². The van der Waals surface area contributed by atoms with Crippen molar-refractivity contribution >= 4 is 0 Å². The monoisotopic (exact) mass is 255 g/mol. The van der Waals surface area contributed by atoms with Gasteiger partial charge in [0.05, 0.1) is 14.2 Å². The van der Waals surface area contributed by atoms with E-state index in [0.29, 0.717) is 23.5 Å². The van der Waals surface area contributed by atoms with E-state index in [4.69, 9.17) is 15.2 Å². The maximum absolute atomic E-state index is 13.8. The van der Waals surface area contributed by atoms with Gasteiger partial charge < -0.3 is 15.2 Å². The first-order valence-electron chi connectivity index (χ1n) is 6.28. The Morgan fingerprint density at radius 3 is 2.39 bits per heavy atom. The van der Waals surface area contributed by atoms with Crippen molar-refractivity contribution in [2.24, 2.45) is 5.73 Å². The first kappa shape index (κ1) is 14.8. The van der Waals surface area contributed by atoms with Gasteiger partial charge in [-0.2, -0.15) is 0 Å². The number of hydrogen-bond donors (Lipinski definition) is 1. The second kappa shape index (κ2) is 7.21. The molecule has 0 bridgehead atoms. The number of hydrogen-bond acceptors (Lipinski definition) is 3. The molecule has 2 N–H and O–H groups in total. The molecule has 0 aromatic heterocycles. The molecule has 0 saturated carbocycles. The minimum Gasteiger partial charge on any atom is -0.493 e. The SMILES string of the molecule is CCC(N)CCCc1cc(OC)c(OC)cc1F. The zero-order valence-electron chi connectivity index (χ0n) is 11.3.